The van der Waals surface area contributed by atoms with E-state index in [1.54, 1.807) is 0 Å². The van der Waals surface area contributed by atoms with Crippen molar-refractivity contribution in [3.05, 3.63) is 59.7 Å². The van der Waals surface area contributed by atoms with E-state index in [9.17, 15) is 9.59 Å². The maximum atomic E-state index is 13.5. The number of fused-ring (bicyclic) bond motifs is 1. The average Bonchev–Trinajstić information content (AvgIpc) is 3.46. The van der Waals surface area contributed by atoms with Crippen LogP contribution in [0.5, 0.6) is 5.75 Å². The van der Waals surface area contributed by atoms with Gasteiger partial charge in [-0.2, -0.15) is 0 Å². The summed E-state index contributed by atoms with van der Waals surface area (Å²) < 4.78 is 11.7. The highest BCUT2D eigenvalue weighted by atomic mass is 16.5. The largest absolute Gasteiger partial charge is 0.493 e. The maximum Gasteiger partial charge on any atom is 0.233 e. The van der Waals surface area contributed by atoms with Gasteiger partial charge in [0, 0.05) is 36.6 Å². The van der Waals surface area contributed by atoms with Crippen LogP contribution in [0.25, 0.3) is 0 Å². The maximum absolute atomic E-state index is 13.5. The second kappa shape index (κ2) is 8.91. The Balaban J connectivity index is 1.17. The molecule has 6 heteroatoms. The molecule has 3 fully saturated rings. The van der Waals surface area contributed by atoms with Crippen LogP contribution in [-0.4, -0.2) is 38.2 Å². The highest BCUT2D eigenvalue weighted by Crippen LogP contribution is 2.61. The number of hydrogen-bond donors (Lipinski definition) is 2. The lowest BCUT2D eigenvalue weighted by Crippen LogP contribution is -2.49. The predicted molar refractivity (Wildman–Crippen MR) is 138 cm³/mol. The Morgan fingerprint density at radius 2 is 1.83 bits per heavy atom. The van der Waals surface area contributed by atoms with Gasteiger partial charge in [-0.05, 0) is 66.8 Å². The molecule has 2 aromatic rings. The molecule has 36 heavy (non-hydrogen) atoms. The molecule has 2 saturated carbocycles. The number of carbonyl (C=O) groups excluding carboxylic acids is 2. The molecule has 6 rings (SSSR count). The first-order valence-corrected chi connectivity index (χ1v) is 13.4. The molecule has 2 aliphatic heterocycles. The van der Waals surface area contributed by atoms with Crippen LogP contribution in [0.15, 0.2) is 48.5 Å². The minimum absolute atomic E-state index is 0.000732. The summed E-state index contributed by atoms with van der Waals surface area (Å²) in [5.41, 5.74) is 2.38. The lowest BCUT2D eigenvalue weighted by atomic mass is 9.70. The van der Waals surface area contributed by atoms with Crippen molar-refractivity contribution in [1.82, 2.24) is 5.32 Å². The highest BCUT2D eigenvalue weighted by molar-refractivity contribution is 5.93. The van der Waals surface area contributed by atoms with Gasteiger partial charge in [-0.15, -0.1) is 0 Å². The minimum Gasteiger partial charge on any atom is -0.493 e. The van der Waals surface area contributed by atoms with E-state index in [0.29, 0.717) is 39.2 Å². The molecule has 6 nitrogen and oxygen atoms in total. The number of anilines is 1. The smallest absolute Gasteiger partial charge is 0.233 e. The second-order valence-electron chi connectivity index (χ2n) is 11.8. The Hall–Kier alpha value is -2.86. The standard InChI is InChI=1S/C30H36N2O4/c1-28(10-5-11-28)18-31-27(34)30(14-15-35-20-30)21-6-4-7-22(16-21)32-26(33)17-24-23-8-2-3-9-25(23)36-19-29(24)12-13-29/h2-4,6-9,16,24H,5,10-15,17-20H2,1H3,(H,31,34)(H,32,33). The molecular weight excluding hydrogens is 452 g/mol. The Labute approximate surface area is 213 Å². The summed E-state index contributed by atoms with van der Waals surface area (Å²) >= 11 is 0. The van der Waals surface area contributed by atoms with Gasteiger partial charge in [-0.1, -0.05) is 43.7 Å². The van der Waals surface area contributed by atoms with Crippen LogP contribution in [0, 0.1) is 10.8 Å². The molecule has 0 bridgehead atoms. The zero-order valence-corrected chi connectivity index (χ0v) is 21.1. The number of hydrogen-bond acceptors (Lipinski definition) is 4. The van der Waals surface area contributed by atoms with E-state index in [1.165, 1.54) is 6.42 Å². The molecule has 0 radical (unpaired) electrons. The van der Waals surface area contributed by atoms with E-state index in [4.69, 9.17) is 9.47 Å². The summed E-state index contributed by atoms with van der Waals surface area (Å²) in [5, 5.41) is 6.36. The van der Waals surface area contributed by atoms with Crippen LogP contribution < -0.4 is 15.4 Å². The molecule has 2 unspecified atom stereocenters. The van der Waals surface area contributed by atoms with Crippen molar-refractivity contribution in [2.75, 3.05) is 31.7 Å². The van der Waals surface area contributed by atoms with Gasteiger partial charge >= 0.3 is 0 Å². The van der Waals surface area contributed by atoms with Crippen LogP contribution in [0.3, 0.4) is 0 Å². The van der Waals surface area contributed by atoms with Gasteiger partial charge in [-0.25, -0.2) is 0 Å². The van der Waals surface area contributed by atoms with Crippen LogP contribution >= 0.6 is 0 Å². The summed E-state index contributed by atoms with van der Waals surface area (Å²) in [7, 11) is 0. The van der Waals surface area contributed by atoms with Gasteiger partial charge in [-0.3, -0.25) is 9.59 Å². The fraction of sp³-hybridized carbons (Fsp3) is 0.533. The number of amides is 2. The van der Waals surface area contributed by atoms with E-state index >= 15 is 0 Å². The molecule has 0 aromatic heterocycles. The monoisotopic (exact) mass is 488 g/mol. The minimum atomic E-state index is -0.710. The van der Waals surface area contributed by atoms with Gasteiger partial charge < -0.3 is 20.1 Å². The van der Waals surface area contributed by atoms with Crippen molar-refractivity contribution in [2.24, 2.45) is 10.8 Å². The van der Waals surface area contributed by atoms with E-state index in [2.05, 4.69) is 23.6 Å². The molecule has 2 heterocycles. The van der Waals surface area contributed by atoms with Crippen molar-refractivity contribution < 1.29 is 19.1 Å². The normalized spacial score (nSPS) is 26.9. The average molecular weight is 489 g/mol. The summed E-state index contributed by atoms with van der Waals surface area (Å²) in [6, 6.07) is 15.9. The fourth-order valence-electron chi connectivity index (χ4n) is 6.35. The number of nitrogens with one attached hydrogen (secondary N) is 2. The molecule has 2 aliphatic carbocycles. The number of carbonyl (C=O) groups is 2. The quantitative estimate of drug-likeness (QED) is 0.579. The van der Waals surface area contributed by atoms with Crippen molar-refractivity contribution in [3.8, 4) is 5.75 Å². The number of para-hydroxylation sites is 1. The van der Waals surface area contributed by atoms with E-state index in [-0.39, 0.29) is 28.6 Å². The molecule has 2 atom stereocenters. The van der Waals surface area contributed by atoms with Gasteiger partial charge in [0.2, 0.25) is 11.8 Å². The second-order valence-corrected chi connectivity index (χ2v) is 11.8. The van der Waals surface area contributed by atoms with E-state index in [1.807, 2.05) is 42.5 Å². The molecule has 190 valence electrons. The van der Waals surface area contributed by atoms with Crippen molar-refractivity contribution >= 4 is 17.5 Å². The van der Waals surface area contributed by atoms with Crippen LogP contribution in [0.2, 0.25) is 0 Å². The van der Waals surface area contributed by atoms with E-state index in [0.717, 1.165) is 48.2 Å². The lowest BCUT2D eigenvalue weighted by Gasteiger charge is -2.39. The Kier molecular flexibility index (Phi) is 5.83. The third-order valence-corrected chi connectivity index (χ3v) is 9.22. The van der Waals surface area contributed by atoms with Gasteiger partial charge in [0.15, 0.2) is 0 Å². The molecular formula is C30H36N2O4. The van der Waals surface area contributed by atoms with Crippen LogP contribution in [0.4, 0.5) is 5.69 Å². The molecule has 2 N–H and O–H groups in total. The zero-order chi connectivity index (χ0) is 24.8. The topological polar surface area (TPSA) is 76.7 Å². The van der Waals surface area contributed by atoms with Crippen molar-refractivity contribution in [3.63, 3.8) is 0 Å². The summed E-state index contributed by atoms with van der Waals surface area (Å²) in [6.07, 6.45) is 6.85. The SMILES string of the molecule is CC1(CNC(=O)C2(c3cccc(NC(=O)CC4c5ccccc5OCC45CC5)c3)CCOC2)CCC1. The van der Waals surface area contributed by atoms with Crippen LogP contribution in [0.1, 0.15) is 68.9 Å². The van der Waals surface area contributed by atoms with Gasteiger partial charge in [0.1, 0.15) is 5.75 Å². The number of rotatable bonds is 7. The summed E-state index contributed by atoms with van der Waals surface area (Å²) in [4.78, 5) is 26.7. The zero-order valence-electron chi connectivity index (χ0n) is 21.1. The number of benzene rings is 2. The molecule has 1 spiro atoms. The van der Waals surface area contributed by atoms with Gasteiger partial charge in [0.25, 0.3) is 0 Å². The Bertz CT molecular complexity index is 1160. The summed E-state index contributed by atoms with van der Waals surface area (Å²) in [5.74, 6) is 1.10. The van der Waals surface area contributed by atoms with Crippen LogP contribution in [-0.2, 0) is 19.7 Å². The first kappa shape index (κ1) is 23.5. The van der Waals surface area contributed by atoms with Crippen molar-refractivity contribution in [2.45, 2.75) is 63.2 Å². The van der Waals surface area contributed by atoms with Crippen molar-refractivity contribution in [1.29, 1.82) is 0 Å². The fourth-order valence-corrected chi connectivity index (χ4v) is 6.35. The summed E-state index contributed by atoms with van der Waals surface area (Å²) in [6.45, 7) is 4.57. The molecule has 1 saturated heterocycles. The molecule has 2 aromatic carbocycles. The molecule has 4 aliphatic rings. The predicted octanol–water partition coefficient (Wildman–Crippen LogP) is 4.94. The number of ether oxygens (including phenoxy) is 2. The van der Waals surface area contributed by atoms with Gasteiger partial charge in [0.05, 0.1) is 18.6 Å². The first-order chi connectivity index (χ1) is 17.4. The third kappa shape index (κ3) is 4.19. The first-order valence-electron chi connectivity index (χ1n) is 13.4. The van der Waals surface area contributed by atoms with E-state index < -0.39 is 5.41 Å². The third-order valence-electron chi connectivity index (χ3n) is 9.22. The Morgan fingerprint density at radius 3 is 2.56 bits per heavy atom. The molecule has 2 amide bonds. The highest BCUT2D eigenvalue weighted by Gasteiger charge is 2.54. The Morgan fingerprint density at radius 1 is 1.00 bits per heavy atom. The lowest BCUT2D eigenvalue weighted by molar-refractivity contribution is -0.127.